The number of aryl methyl sites for hydroxylation is 2. The number of nitrogens with zero attached hydrogens (tertiary/aromatic N) is 4. The van der Waals surface area contributed by atoms with Crippen molar-refractivity contribution >= 4 is 5.91 Å². The van der Waals surface area contributed by atoms with Gasteiger partial charge in [0.05, 0.1) is 11.3 Å². The number of aromatic nitrogens is 3. The Hall–Kier alpha value is -2.17. The highest BCUT2D eigenvalue weighted by atomic mass is 16.2. The lowest BCUT2D eigenvalue weighted by molar-refractivity contribution is 0.0734. The van der Waals surface area contributed by atoms with Crippen LogP contribution in [0.25, 0.3) is 0 Å². The van der Waals surface area contributed by atoms with Gasteiger partial charge < -0.3 is 4.90 Å². The van der Waals surface area contributed by atoms with Gasteiger partial charge in [-0.1, -0.05) is 0 Å². The summed E-state index contributed by atoms with van der Waals surface area (Å²) in [6, 6.07) is 3.65. The van der Waals surface area contributed by atoms with Crippen LogP contribution in [-0.4, -0.2) is 32.1 Å². The van der Waals surface area contributed by atoms with E-state index in [0.29, 0.717) is 18.0 Å². The highest BCUT2D eigenvalue weighted by Crippen LogP contribution is 2.31. The second-order valence-electron chi connectivity index (χ2n) is 6.34. The molecule has 0 spiro atoms. The van der Waals surface area contributed by atoms with E-state index in [-0.39, 0.29) is 5.91 Å². The van der Waals surface area contributed by atoms with Crippen LogP contribution in [0.2, 0.25) is 0 Å². The topological polar surface area (TPSA) is 51.0 Å². The highest BCUT2D eigenvalue weighted by Gasteiger charge is 2.28. The average Bonchev–Trinajstić information content (AvgIpc) is 3.35. The average molecular weight is 312 g/mol. The lowest BCUT2D eigenvalue weighted by atomic mass is 10.1. The highest BCUT2D eigenvalue weighted by molar-refractivity contribution is 5.93. The van der Waals surface area contributed by atoms with Gasteiger partial charge in [-0.25, -0.2) is 0 Å². The van der Waals surface area contributed by atoms with Gasteiger partial charge in [0, 0.05) is 43.3 Å². The van der Waals surface area contributed by atoms with E-state index >= 15 is 0 Å². The molecule has 23 heavy (non-hydrogen) atoms. The predicted octanol–water partition coefficient (Wildman–Crippen LogP) is 2.97. The summed E-state index contributed by atoms with van der Waals surface area (Å²) < 4.78 is 2.01. The Morgan fingerprint density at radius 1 is 1.39 bits per heavy atom. The van der Waals surface area contributed by atoms with Crippen LogP contribution >= 0.6 is 0 Å². The fraction of sp³-hybridized carbons (Fsp3) is 0.500. The van der Waals surface area contributed by atoms with E-state index in [1.165, 1.54) is 18.4 Å². The lowest BCUT2D eigenvalue weighted by Crippen LogP contribution is -2.33. The van der Waals surface area contributed by atoms with Crippen molar-refractivity contribution < 1.29 is 4.79 Å². The predicted molar refractivity (Wildman–Crippen MR) is 89.1 cm³/mol. The van der Waals surface area contributed by atoms with E-state index in [9.17, 15) is 4.79 Å². The molecule has 0 unspecified atom stereocenters. The zero-order valence-electron chi connectivity index (χ0n) is 14.1. The van der Waals surface area contributed by atoms with Crippen molar-refractivity contribution in [3.63, 3.8) is 0 Å². The Kier molecular flexibility index (Phi) is 4.46. The Morgan fingerprint density at radius 2 is 2.17 bits per heavy atom. The van der Waals surface area contributed by atoms with E-state index in [0.717, 1.165) is 24.5 Å². The molecule has 0 radical (unpaired) electrons. The van der Waals surface area contributed by atoms with Crippen LogP contribution in [0.5, 0.6) is 0 Å². The van der Waals surface area contributed by atoms with Gasteiger partial charge in [-0.3, -0.25) is 14.5 Å². The molecule has 1 aliphatic carbocycles. The first-order valence-corrected chi connectivity index (χ1v) is 8.32. The second kappa shape index (κ2) is 6.52. The zero-order chi connectivity index (χ0) is 16.4. The van der Waals surface area contributed by atoms with Crippen molar-refractivity contribution in [3.05, 3.63) is 47.0 Å². The van der Waals surface area contributed by atoms with Gasteiger partial charge in [0.2, 0.25) is 0 Å². The van der Waals surface area contributed by atoms with Crippen molar-refractivity contribution in [2.24, 2.45) is 5.92 Å². The van der Waals surface area contributed by atoms with E-state index in [2.05, 4.69) is 23.9 Å². The molecule has 0 N–H and O–H groups in total. The molecule has 3 rings (SSSR count). The molecule has 1 saturated carbocycles. The molecular weight excluding hydrogens is 288 g/mol. The Bertz CT molecular complexity index is 689. The molecule has 0 aliphatic heterocycles. The van der Waals surface area contributed by atoms with E-state index in [1.54, 1.807) is 12.4 Å². The van der Waals surface area contributed by atoms with Crippen LogP contribution in [0.15, 0.2) is 24.5 Å². The minimum Gasteiger partial charge on any atom is -0.334 e. The number of carbonyl (C=O) groups is 1. The first kappa shape index (κ1) is 15.7. The molecular formula is C18H24N4O. The van der Waals surface area contributed by atoms with Crippen molar-refractivity contribution in [2.45, 2.75) is 46.7 Å². The molecule has 0 atom stereocenters. The van der Waals surface area contributed by atoms with E-state index in [1.807, 2.05) is 28.6 Å². The van der Waals surface area contributed by atoms with Crippen molar-refractivity contribution in [1.82, 2.24) is 19.7 Å². The second-order valence-corrected chi connectivity index (χ2v) is 6.34. The molecule has 2 heterocycles. The quantitative estimate of drug-likeness (QED) is 0.824. The lowest BCUT2D eigenvalue weighted by Gasteiger charge is -2.23. The fourth-order valence-electron chi connectivity index (χ4n) is 2.96. The van der Waals surface area contributed by atoms with Gasteiger partial charge in [0.15, 0.2) is 0 Å². The normalized spacial score (nSPS) is 14.0. The maximum atomic E-state index is 12.9. The van der Waals surface area contributed by atoms with E-state index < -0.39 is 0 Å². The summed E-state index contributed by atoms with van der Waals surface area (Å²) in [6.45, 7) is 8.50. The summed E-state index contributed by atoms with van der Waals surface area (Å²) in [5.74, 6) is 0.713. The van der Waals surface area contributed by atoms with Crippen LogP contribution < -0.4 is 0 Å². The minimum atomic E-state index is 0.0630. The van der Waals surface area contributed by atoms with Gasteiger partial charge in [0.25, 0.3) is 5.91 Å². The van der Waals surface area contributed by atoms with Gasteiger partial charge in [-0.05, 0) is 51.7 Å². The SMILES string of the molecule is CCn1nc(C)c(CN(CC2CC2)C(=O)c2cccnc2)c1C. The molecule has 5 heteroatoms. The van der Waals surface area contributed by atoms with Gasteiger partial charge in [-0.2, -0.15) is 5.10 Å². The van der Waals surface area contributed by atoms with Crippen molar-refractivity contribution in [3.8, 4) is 0 Å². The summed E-state index contributed by atoms with van der Waals surface area (Å²) in [5.41, 5.74) is 4.00. The zero-order valence-corrected chi connectivity index (χ0v) is 14.1. The minimum absolute atomic E-state index is 0.0630. The Labute approximate surface area is 137 Å². The van der Waals surface area contributed by atoms with Crippen LogP contribution in [-0.2, 0) is 13.1 Å². The van der Waals surface area contributed by atoms with Crippen molar-refractivity contribution in [2.75, 3.05) is 6.54 Å². The van der Waals surface area contributed by atoms with Crippen LogP contribution in [0.3, 0.4) is 0 Å². The molecule has 1 amide bonds. The number of pyridine rings is 1. The Balaban J connectivity index is 1.85. The first-order chi connectivity index (χ1) is 11.1. The van der Waals surface area contributed by atoms with Gasteiger partial charge in [-0.15, -0.1) is 0 Å². The molecule has 1 fully saturated rings. The monoisotopic (exact) mass is 312 g/mol. The molecule has 5 nitrogen and oxygen atoms in total. The maximum Gasteiger partial charge on any atom is 0.255 e. The third-order valence-electron chi connectivity index (χ3n) is 4.55. The first-order valence-electron chi connectivity index (χ1n) is 8.32. The largest absolute Gasteiger partial charge is 0.334 e. The van der Waals surface area contributed by atoms with Crippen LogP contribution in [0.1, 0.15) is 47.1 Å². The number of amides is 1. The number of hydrogen-bond donors (Lipinski definition) is 0. The standard InChI is InChI=1S/C18H24N4O/c1-4-22-14(3)17(13(2)20-22)12-21(11-15-7-8-15)18(23)16-6-5-9-19-10-16/h5-6,9-10,15H,4,7-8,11-12H2,1-3H3. The summed E-state index contributed by atoms with van der Waals surface area (Å²) >= 11 is 0. The Morgan fingerprint density at radius 3 is 2.74 bits per heavy atom. The summed E-state index contributed by atoms with van der Waals surface area (Å²) in [7, 11) is 0. The molecule has 2 aromatic heterocycles. The third kappa shape index (κ3) is 3.44. The number of hydrogen-bond acceptors (Lipinski definition) is 3. The number of rotatable bonds is 6. The summed E-state index contributed by atoms with van der Waals surface area (Å²) in [5, 5.41) is 4.57. The van der Waals surface area contributed by atoms with Gasteiger partial charge in [0.1, 0.15) is 0 Å². The van der Waals surface area contributed by atoms with Crippen LogP contribution in [0.4, 0.5) is 0 Å². The summed E-state index contributed by atoms with van der Waals surface area (Å²) in [6.07, 6.45) is 5.80. The molecule has 0 saturated heterocycles. The van der Waals surface area contributed by atoms with Gasteiger partial charge >= 0.3 is 0 Å². The van der Waals surface area contributed by atoms with Crippen LogP contribution in [0, 0.1) is 19.8 Å². The molecule has 0 bridgehead atoms. The molecule has 2 aromatic rings. The number of carbonyl (C=O) groups excluding carboxylic acids is 1. The third-order valence-corrected chi connectivity index (χ3v) is 4.55. The maximum absolute atomic E-state index is 12.9. The van der Waals surface area contributed by atoms with E-state index in [4.69, 9.17) is 0 Å². The van der Waals surface area contributed by atoms with Crippen molar-refractivity contribution in [1.29, 1.82) is 0 Å². The fourth-order valence-corrected chi connectivity index (χ4v) is 2.96. The molecule has 0 aromatic carbocycles. The molecule has 122 valence electrons. The smallest absolute Gasteiger partial charge is 0.255 e. The summed E-state index contributed by atoms with van der Waals surface area (Å²) in [4.78, 5) is 18.9. The molecule has 1 aliphatic rings.